The molecule has 1 heterocycles. The molecule has 6 heteroatoms. The fraction of sp³-hybridized carbons (Fsp3) is 0.0833. The van der Waals surface area contributed by atoms with Crippen molar-refractivity contribution in [1.29, 1.82) is 0 Å². The number of nitrogens with zero attached hydrogens (tertiary/aromatic N) is 1. The number of aromatic hydroxyl groups is 2. The van der Waals surface area contributed by atoms with Crippen LogP contribution in [0.2, 0.25) is 0 Å². The van der Waals surface area contributed by atoms with Gasteiger partial charge in [0, 0.05) is 35.1 Å². The summed E-state index contributed by atoms with van der Waals surface area (Å²) in [7, 11) is 0. The Kier molecular flexibility index (Phi) is 3.26. The van der Waals surface area contributed by atoms with E-state index in [2.05, 4.69) is 0 Å². The highest BCUT2D eigenvalue weighted by atomic mass is 19.1. The monoisotopic (exact) mass is 405 g/mol. The van der Waals surface area contributed by atoms with Crippen molar-refractivity contribution in [3.8, 4) is 17.4 Å². The smallest absolute Gasteiger partial charge is 0.203 e. The number of halogens is 3. The van der Waals surface area contributed by atoms with Gasteiger partial charge in [0.1, 0.15) is 11.5 Å². The van der Waals surface area contributed by atoms with Crippen LogP contribution in [0.4, 0.5) is 13.2 Å². The average Bonchev–Trinajstić information content (AvgIpc) is 2.99. The Bertz CT molecular complexity index is 1230. The molecule has 3 aromatic carbocycles. The number of hydrogen-bond donors (Lipinski definition) is 2. The maximum absolute atomic E-state index is 14.5. The van der Waals surface area contributed by atoms with Gasteiger partial charge in [-0.2, -0.15) is 0 Å². The molecule has 3 nitrogen and oxygen atoms in total. The minimum Gasteiger partial charge on any atom is -0.494 e. The van der Waals surface area contributed by atoms with Crippen molar-refractivity contribution in [3.05, 3.63) is 111 Å². The lowest BCUT2D eigenvalue weighted by molar-refractivity contribution is 0.390. The summed E-state index contributed by atoms with van der Waals surface area (Å²) in [5, 5.41) is 22.2. The van der Waals surface area contributed by atoms with Crippen LogP contribution in [-0.2, 0) is 0 Å². The van der Waals surface area contributed by atoms with Gasteiger partial charge in [-0.15, -0.1) is 0 Å². The minimum atomic E-state index is -1.21. The van der Waals surface area contributed by atoms with Crippen LogP contribution < -0.4 is 0 Å². The van der Waals surface area contributed by atoms with Crippen molar-refractivity contribution in [2.45, 2.75) is 11.8 Å². The molecule has 7 rings (SSSR count). The lowest BCUT2D eigenvalue weighted by Gasteiger charge is -2.40. The van der Waals surface area contributed by atoms with Gasteiger partial charge in [-0.1, -0.05) is 48.5 Å². The molecular formula is C24H14F3NO2. The first-order chi connectivity index (χ1) is 14.5. The van der Waals surface area contributed by atoms with Crippen molar-refractivity contribution in [2.24, 2.45) is 0 Å². The maximum Gasteiger partial charge on any atom is 0.203 e. The van der Waals surface area contributed by atoms with Gasteiger partial charge in [0.25, 0.3) is 0 Å². The Morgan fingerprint density at radius 2 is 1.00 bits per heavy atom. The minimum absolute atomic E-state index is 0.392. The summed E-state index contributed by atoms with van der Waals surface area (Å²) in [6.45, 7) is 0. The first-order valence-corrected chi connectivity index (χ1v) is 9.48. The van der Waals surface area contributed by atoms with Gasteiger partial charge in [-0.3, -0.25) is 0 Å². The summed E-state index contributed by atoms with van der Waals surface area (Å²) in [5.41, 5.74) is 4.01. The van der Waals surface area contributed by atoms with E-state index < -0.39 is 46.7 Å². The first kappa shape index (κ1) is 17.2. The SMILES string of the molecule is Oc1c2c(c(O)n1-c1c(F)cc(F)cc1F)C1c3ccccc3C2c2ccccc21. The third-order valence-corrected chi connectivity index (χ3v) is 6.21. The summed E-state index contributed by atoms with van der Waals surface area (Å²) in [4.78, 5) is 0. The summed E-state index contributed by atoms with van der Waals surface area (Å²) < 4.78 is 43.2. The normalized spacial score (nSPS) is 18.1. The van der Waals surface area contributed by atoms with Gasteiger partial charge in [0.2, 0.25) is 11.8 Å². The summed E-state index contributed by atoms with van der Waals surface area (Å²) >= 11 is 0. The molecule has 0 fully saturated rings. The lowest BCUT2D eigenvalue weighted by atomic mass is 9.62. The molecule has 0 saturated heterocycles. The van der Waals surface area contributed by atoms with Gasteiger partial charge in [0.15, 0.2) is 11.6 Å². The van der Waals surface area contributed by atoms with Gasteiger partial charge in [0.05, 0.1) is 0 Å². The van der Waals surface area contributed by atoms with E-state index in [1.165, 1.54) is 0 Å². The van der Waals surface area contributed by atoms with Crippen LogP contribution in [0.15, 0.2) is 60.7 Å². The van der Waals surface area contributed by atoms with Crippen LogP contribution in [0.25, 0.3) is 5.69 Å². The Balaban J connectivity index is 1.72. The largest absolute Gasteiger partial charge is 0.494 e. The Morgan fingerprint density at radius 3 is 1.37 bits per heavy atom. The average molecular weight is 405 g/mol. The summed E-state index contributed by atoms with van der Waals surface area (Å²) in [5.74, 6) is -5.20. The van der Waals surface area contributed by atoms with E-state index in [0.717, 1.165) is 26.8 Å². The van der Waals surface area contributed by atoms with Gasteiger partial charge in [-0.25, -0.2) is 17.7 Å². The Hall–Kier alpha value is -3.67. The van der Waals surface area contributed by atoms with Crippen LogP contribution in [0.5, 0.6) is 11.8 Å². The van der Waals surface area contributed by atoms with Crippen LogP contribution in [0.3, 0.4) is 0 Å². The van der Waals surface area contributed by atoms with Crippen molar-refractivity contribution in [3.63, 3.8) is 0 Å². The van der Waals surface area contributed by atoms with E-state index in [1.54, 1.807) is 0 Å². The van der Waals surface area contributed by atoms with Crippen molar-refractivity contribution >= 4 is 0 Å². The molecule has 2 N–H and O–H groups in total. The van der Waals surface area contributed by atoms with Gasteiger partial charge in [-0.05, 0) is 22.3 Å². The molecule has 0 saturated carbocycles. The first-order valence-electron chi connectivity index (χ1n) is 9.48. The second-order valence-corrected chi connectivity index (χ2v) is 7.65. The summed E-state index contributed by atoms with van der Waals surface area (Å²) in [6.07, 6.45) is 0. The molecule has 1 aromatic heterocycles. The highest BCUT2D eigenvalue weighted by Crippen LogP contribution is 2.61. The highest BCUT2D eigenvalue weighted by molar-refractivity contribution is 5.73. The molecule has 0 radical (unpaired) electrons. The second-order valence-electron chi connectivity index (χ2n) is 7.65. The van der Waals surface area contributed by atoms with E-state index in [0.29, 0.717) is 23.3 Å². The molecule has 3 aliphatic rings. The number of rotatable bonds is 1. The van der Waals surface area contributed by atoms with Crippen LogP contribution in [0, 0.1) is 17.5 Å². The van der Waals surface area contributed by atoms with Crippen molar-refractivity contribution in [2.75, 3.05) is 0 Å². The van der Waals surface area contributed by atoms with E-state index >= 15 is 0 Å². The summed E-state index contributed by atoms with van der Waals surface area (Å²) in [6, 6.07) is 16.5. The molecule has 4 aromatic rings. The fourth-order valence-electron chi connectivity index (χ4n) is 5.14. The Labute approximate surface area is 169 Å². The zero-order valence-corrected chi connectivity index (χ0v) is 15.4. The standard InChI is InChI=1S/C24H14F3NO2/c25-11-9-16(26)22(17(27)10-11)28-23(29)20-18-12-5-1-2-6-13(12)19(21(20)24(28)30)15-8-4-3-7-14(15)18/h1-10,18-19,29-30H. The van der Waals surface area contributed by atoms with Crippen LogP contribution >= 0.6 is 0 Å². The maximum atomic E-state index is 14.5. The van der Waals surface area contributed by atoms with Crippen molar-refractivity contribution < 1.29 is 23.4 Å². The highest BCUT2D eigenvalue weighted by Gasteiger charge is 2.47. The van der Waals surface area contributed by atoms with Crippen molar-refractivity contribution in [1.82, 2.24) is 4.57 Å². The zero-order valence-electron chi connectivity index (χ0n) is 15.4. The van der Waals surface area contributed by atoms with Crippen LogP contribution in [-0.4, -0.2) is 14.8 Å². The molecule has 0 aliphatic heterocycles. The molecule has 0 amide bonds. The number of aromatic nitrogens is 1. The van der Waals surface area contributed by atoms with E-state index in [4.69, 9.17) is 0 Å². The quantitative estimate of drug-likeness (QED) is 0.390. The van der Waals surface area contributed by atoms with Crippen LogP contribution in [0.1, 0.15) is 45.2 Å². The Morgan fingerprint density at radius 1 is 0.633 bits per heavy atom. The molecule has 2 bridgehead atoms. The molecule has 0 atom stereocenters. The third-order valence-electron chi connectivity index (χ3n) is 6.21. The third kappa shape index (κ3) is 1.95. The molecular weight excluding hydrogens is 391 g/mol. The van der Waals surface area contributed by atoms with E-state index in [9.17, 15) is 23.4 Å². The second kappa shape index (κ2) is 5.69. The number of benzene rings is 3. The molecule has 0 spiro atoms. The molecule has 0 unspecified atom stereocenters. The number of hydrogen-bond acceptors (Lipinski definition) is 2. The van der Waals surface area contributed by atoms with Gasteiger partial charge >= 0.3 is 0 Å². The van der Waals surface area contributed by atoms with Gasteiger partial charge < -0.3 is 10.2 Å². The fourth-order valence-corrected chi connectivity index (χ4v) is 5.14. The predicted octanol–water partition coefficient (Wildman–Crippen LogP) is 5.29. The molecule has 3 aliphatic carbocycles. The van der Waals surface area contributed by atoms with E-state index in [-0.39, 0.29) is 0 Å². The zero-order chi connectivity index (χ0) is 20.7. The lowest BCUT2D eigenvalue weighted by Crippen LogP contribution is -2.26. The topological polar surface area (TPSA) is 45.4 Å². The molecule has 148 valence electrons. The molecule has 30 heavy (non-hydrogen) atoms. The predicted molar refractivity (Wildman–Crippen MR) is 104 cm³/mol. The van der Waals surface area contributed by atoms with E-state index in [1.807, 2.05) is 48.5 Å².